The van der Waals surface area contributed by atoms with Crippen LogP contribution in [0.15, 0.2) is 23.1 Å². The largest absolute Gasteiger partial charge is 0.419 e. The first-order valence-electron chi connectivity index (χ1n) is 8.22. The monoisotopic (exact) mass is 394 g/mol. The Morgan fingerprint density at radius 1 is 1.07 bits per heavy atom. The highest BCUT2D eigenvalue weighted by atomic mass is 19.2. The van der Waals surface area contributed by atoms with Crippen LogP contribution in [0.1, 0.15) is 28.5 Å². The highest BCUT2D eigenvalue weighted by Crippen LogP contribution is 2.30. The van der Waals surface area contributed by atoms with Gasteiger partial charge in [0.1, 0.15) is 11.2 Å². The number of carbonyl (C=O) groups is 1. The number of aryl methyl sites for hydroxylation is 2. The molecule has 0 bridgehead atoms. The van der Waals surface area contributed by atoms with Crippen molar-refractivity contribution in [2.75, 3.05) is 0 Å². The lowest BCUT2D eigenvalue weighted by Gasteiger charge is -2.13. The molecule has 0 aliphatic rings. The average Bonchev–Trinajstić information content (AvgIpc) is 2.68. The predicted octanol–water partition coefficient (Wildman–Crippen LogP) is 3.81. The van der Waals surface area contributed by atoms with Gasteiger partial charge in [0, 0.05) is 24.0 Å². The molecule has 0 saturated carbocycles. The van der Waals surface area contributed by atoms with E-state index in [1.54, 1.807) is 19.9 Å². The highest BCUT2D eigenvalue weighted by Gasteiger charge is 2.27. The molecule has 2 heterocycles. The van der Waals surface area contributed by atoms with Gasteiger partial charge in [0.05, 0.1) is 5.39 Å². The summed E-state index contributed by atoms with van der Waals surface area (Å²) < 4.78 is 60.6. The van der Waals surface area contributed by atoms with Gasteiger partial charge in [0.25, 0.3) is 0 Å². The van der Waals surface area contributed by atoms with Gasteiger partial charge in [-0.1, -0.05) is 0 Å². The first-order chi connectivity index (χ1) is 13.2. The van der Waals surface area contributed by atoms with Crippen molar-refractivity contribution in [1.29, 1.82) is 0 Å². The van der Waals surface area contributed by atoms with E-state index >= 15 is 0 Å². The maximum atomic E-state index is 14.0. The fourth-order valence-electron chi connectivity index (χ4n) is 2.74. The van der Waals surface area contributed by atoms with E-state index in [0.29, 0.717) is 17.9 Å². The minimum atomic E-state index is -2.12. The molecule has 0 radical (unpaired) electrons. The van der Waals surface area contributed by atoms with Crippen molar-refractivity contribution in [3.63, 3.8) is 0 Å². The summed E-state index contributed by atoms with van der Waals surface area (Å²) in [5.41, 5.74) is -0.967. The fourth-order valence-corrected chi connectivity index (χ4v) is 2.74. The number of hydrogen-bond donors (Lipinski definition) is 0. The van der Waals surface area contributed by atoms with Crippen LogP contribution in [-0.2, 0) is 6.54 Å². The number of carbonyl (C=O) groups excluding carboxylic acids is 1. The zero-order chi connectivity index (χ0) is 20.7. The van der Waals surface area contributed by atoms with E-state index in [-0.39, 0.29) is 5.39 Å². The van der Waals surface area contributed by atoms with Gasteiger partial charge in [-0.15, -0.1) is 0 Å². The molecule has 3 rings (SSSR count). The number of benzene rings is 1. The van der Waals surface area contributed by atoms with Gasteiger partial charge in [-0.25, -0.2) is 22.9 Å². The first-order valence-corrected chi connectivity index (χ1v) is 8.22. The summed E-state index contributed by atoms with van der Waals surface area (Å²) in [5.74, 6) is -10.1. The second kappa shape index (κ2) is 7.06. The normalized spacial score (nSPS) is 11.1. The predicted molar refractivity (Wildman–Crippen MR) is 92.4 cm³/mol. The molecule has 0 saturated heterocycles. The lowest BCUT2D eigenvalue weighted by Crippen LogP contribution is -2.24. The molecule has 0 amide bonds. The molecule has 1 aromatic carbocycles. The number of pyridine rings is 2. The zero-order valence-corrected chi connectivity index (χ0v) is 15.1. The molecule has 0 aliphatic heterocycles. The van der Waals surface area contributed by atoms with Gasteiger partial charge < -0.3 is 9.30 Å². The van der Waals surface area contributed by atoms with Gasteiger partial charge in [-0.2, -0.15) is 4.39 Å². The van der Waals surface area contributed by atoms with E-state index in [1.807, 2.05) is 0 Å². The van der Waals surface area contributed by atoms with Gasteiger partial charge >= 0.3 is 5.97 Å². The summed E-state index contributed by atoms with van der Waals surface area (Å²) in [7, 11) is 0. The third kappa shape index (κ3) is 3.02. The van der Waals surface area contributed by atoms with Gasteiger partial charge in [-0.3, -0.25) is 4.79 Å². The van der Waals surface area contributed by atoms with E-state index in [1.165, 1.54) is 16.8 Å². The van der Waals surface area contributed by atoms with Crippen LogP contribution in [0.5, 0.6) is 5.75 Å². The van der Waals surface area contributed by atoms with Crippen LogP contribution in [0.4, 0.5) is 17.6 Å². The molecular weight excluding hydrogens is 380 g/mol. The number of esters is 1. The fraction of sp³-hybridized carbons (Fsp3) is 0.211. The molecule has 0 unspecified atom stereocenters. The first kappa shape index (κ1) is 19.5. The lowest BCUT2D eigenvalue weighted by atomic mass is 10.1. The van der Waals surface area contributed by atoms with Crippen molar-refractivity contribution >= 4 is 17.0 Å². The molecule has 146 valence electrons. The molecule has 0 N–H and O–H groups in total. The molecule has 0 spiro atoms. The van der Waals surface area contributed by atoms with Crippen molar-refractivity contribution in [1.82, 2.24) is 9.55 Å². The maximum absolute atomic E-state index is 14.0. The molecule has 28 heavy (non-hydrogen) atoms. The average molecular weight is 394 g/mol. The Hall–Kier alpha value is -3.23. The Balaban J connectivity index is 2.15. The Bertz CT molecular complexity index is 1160. The number of fused-ring (bicyclic) bond motifs is 1. The zero-order valence-electron chi connectivity index (χ0n) is 15.1. The van der Waals surface area contributed by atoms with Crippen molar-refractivity contribution in [3.8, 4) is 5.75 Å². The molecular formula is C19H14F4N2O3. The van der Waals surface area contributed by atoms with Crippen LogP contribution < -0.4 is 10.2 Å². The van der Waals surface area contributed by atoms with Crippen LogP contribution in [0.3, 0.4) is 0 Å². The van der Waals surface area contributed by atoms with E-state index in [2.05, 4.69) is 4.98 Å². The minimum absolute atomic E-state index is 0.121. The molecule has 0 fully saturated rings. The van der Waals surface area contributed by atoms with Crippen molar-refractivity contribution in [2.45, 2.75) is 27.3 Å². The molecule has 2 aromatic heterocycles. The maximum Gasteiger partial charge on any atom is 0.349 e. The lowest BCUT2D eigenvalue weighted by molar-refractivity contribution is 0.0721. The van der Waals surface area contributed by atoms with Gasteiger partial charge in [0.15, 0.2) is 17.4 Å². The van der Waals surface area contributed by atoms with E-state index in [9.17, 15) is 27.2 Å². The number of ether oxygens (including phenoxy) is 1. The van der Waals surface area contributed by atoms with Crippen LogP contribution >= 0.6 is 0 Å². The third-order valence-corrected chi connectivity index (χ3v) is 4.26. The van der Waals surface area contributed by atoms with Crippen molar-refractivity contribution < 1.29 is 27.1 Å². The molecule has 5 nitrogen and oxygen atoms in total. The number of halogens is 4. The van der Waals surface area contributed by atoms with E-state index < -0.39 is 51.5 Å². The Kier molecular flexibility index (Phi) is 4.93. The summed E-state index contributed by atoms with van der Waals surface area (Å²) in [6.45, 7) is 4.74. The summed E-state index contributed by atoms with van der Waals surface area (Å²) in [6.07, 6.45) is 1.17. The summed E-state index contributed by atoms with van der Waals surface area (Å²) >= 11 is 0. The molecule has 9 heteroatoms. The van der Waals surface area contributed by atoms with Crippen molar-refractivity contribution in [3.05, 3.63) is 68.6 Å². The number of nitrogens with zero attached hydrogens (tertiary/aromatic N) is 2. The molecule has 0 aliphatic carbocycles. The third-order valence-electron chi connectivity index (χ3n) is 4.26. The van der Waals surface area contributed by atoms with E-state index in [0.717, 1.165) is 6.92 Å². The summed E-state index contributed by atoms with van der Waals surface area (Å²) in [6, 6.07) is 3.05. The van der Waals surface area contributed by atoms with Gasteiger partial charge in [-0.05, 0) is 32.9 Å². The topological polar surface area (TPSA) is 61.2 Å². The number of hydrogen-bond acceptors (Lipinski definition) is 4. The smallest absolute Gasteiger partial charge is 0.349 e. The Labute approximate surface area is 156 Å². The second-order valence-electron chi connectivity index (χ2n) is 6.08. The quantitative estimate of drug-likeness (QED) is 0.223. The van der Waals surface area contributed by atoms with Crippen LogP contribution in [0.2, 0.25) is 0 Å². The molecule has 3 aromatic rings. The second-order valence-corrected chi connectivity index (χ2v) is 6.08. The SMILES string of the molecule is CCn1cc(C(=O)Oc2c(C)c(F)c(F)c(F)c2F)c(=O)c2ccc(C)nc21. The Morgan fingerprint density at radius 3 is 2.36 bits per heavy atom. The van der Waals surface area contributed by atoms with Crippen LogP contribution in [0, 0.1) is 37.1 Å². The van der Waals surface area contributed by atoms with Gasteiger partial charge in [0.2, 0.25) is 17.1 Å². The van der Waals surface area contributed by atoms with E-state index in [4.69, 9.17) is 4.74 Å². The van der Waals surface area contributed by atoms with Crippen LogP contribution in [0.25, 0.3) is 11.0 Å². The highest BCUT2D eigenvalue weighted by molar-refractivity contribution is 5.94. The van der Waals surface area contributed by atoms with Crippen molar-refractivity contribution in [2.24, 2.45) is 0 Å². The number of rotatable bonds is 3. The summed E-state index contributed by atoms with van der Waals surface area (Å²) in [5, 5.41) is 0.121. The molecule has 0 atom stereocenters. The standard InChI is InChI=1S/C19H14F4N2O3/c1-4-25-7-11(16(26)10-6-5-8(2)24-18(10)25)19(27)28-17-9(3)12(20)13(21)14(22)15(17)23/h5-7H,4H2,1-3H3. The minimum Gasteiger partial charge on any atom is -0.419 e. The van der Waals surface area contributed by atoms with Crippen LogP contribution in [-0.4, -0.2) is 15.5 Å². The Morgan fingerprint density at radius 2 is 1.71 bits per heavy atom. The summed E-state index contributed by atoms with van der Waals surface area (Å²) in [4.78, 5) is 29.4. The number of aromatic nitrogens is 2.